The van der Waals surface area contributed by atoms with Crippen molar-refractivity contribution in [3.8, 4) is 6.07 Å². The minimum absolute atomic E-state index is 0.677. The summed E-state index contributed by atoms with van der Waals surface area (Å²) in [5.41, 5.74) is 0.926. The monoisotopic (exact) mass is 418 g/mol. The van der Waals surface area contributed by atoms with E-state index in [1.807, 2.05) is 6.07 Å². The van der Waals surface area contributed by atoms with Gasteiger partial charge in [-0.1, -0.05) is 41.7 Å². The van der Waals surface area contributed by atoms with Crippen LogP contribution in [0.4, 0.5) is 0 Å². The summed E-state index contributed by atoms with van der Waals surface area (Å²) in [6.45, 7) is 3.82. The van der Waals surface area contributed by atoms with Crippen LogP contribution in [0.3, 0.4) is 0 Å². The summed E-state index contributed by atoms with van der Waals surface area (Å²) in [5.74, 6) is 1.67. The number of hydrogen-bond acceptors (Lipinski definition) is 5. The molecule has 0 aromatic heterocycles. The van der Waals surface area contributed by atoms with Gasteiger partial charge in [0.15, 0.2) is 11.4 Å². The second-order valence-corrected chi connectivity index (χ2v) is 13.5. The van der Waals surface area contributed by atoms with Gasteiger partial charge in [0.1, 0.15) is 11.6 Å². The standard InChI is InChI=1S/C19H23N4OPS2/c20-14-17-18-8-4-5-9-23(18)25(26,27-15-16-6-2-1-3-7-16)21-19(17)22-10-12-24-13-11-22/h1-3,6-7H,4-5,8-13,15H2. The zero-order valence-electron chi connectivity index (χ0n) is 15.2. The molecule has 0 aliphatic carbocycles. The van der Waals surface area contributed by atoms with E-state index in [0.717, 1.165) is 61.8 Å². The molecule has 2 saturated heterocycles. The molecule has 3 aliphatic rings. The van der Waals surface area contributed by atoms with Gasteiger partial charge in [-0.2, -0.15) is 5.26 Å². The van der Waals surface area contributed by atoms with E-state index in [2.05, 4.69) is 39.9 Å². The van der Waals surface area contributed by atoms with Crippen LogP contribution in [0.1, 0.15) is 24.8 Å². The Kier molecular flexibility index (Phi) is 5.89. The topological polar surface area (TPSA) is 51.9 Å². The van der Waals surface area contributed by atoms with Crippen molar-refractivity contribution < 1.29 is 4.74 Å². The SMILES string of the molecule is N#CC1=C2CCCCN2P(=S)(SCc2ccccc2)N=C1N1CCOCC1. The van der Waals surface area contributed by atoms with E-state index < -0.39 is 5.54 Å². The smallest absolute Gasteiger partial charge is 0.200 e. The Morgan fingerprint density at radius 1 is 1.19 bits per heavy atom. The molecular formula is C19H23N4OPS2. The van der Waals surface area contributed by atoms with E-state index in [0.29, 0.717) is 13.2 Å². The summed E-state index contributed by atoms with van der Waals surface area (Å²) in [4.78, 5) is 2.20. The van der Waals surface area contributed by atoms with Crippen LogP contribution in [0.25, 0.3) is 0 Å². The summed E-state index contributed by atoms with van der Waals surface area (Å²) in [7, 11) is 0. The largest absolute Gasteiger partial charge is 0.378 e. The van der Waals surface area contributed by atoms with Gasteiger partial charge in [-0.3, -0.25) is 0 Å². The molecule has 0 bridgehead atoms. The maximum Gasteiger partial charge on any atom is 0.200 e. The maximum absolute atomic E-state index is 9.91. The molecule has 4 rings (SSSR count). The maximum atomic E-state index is 9.91. The van der Waals surface area contributed by atoms with Crippen LogP contribution >= 0.6 is 16.9 Å². The van der Waals surface area contributed by atoms with Crippen LogP contribution in [0.15, 0.2) is 46.4 Å². The number of nitrogens with zero attached hydrogens (tertiary/aromatic N) is 4. The van der Waals surface area contributed by atoms with Crippen LogP contribution in [0, 0.1) is 11.3 Å². The predicted molar refractivity (Wildman–Crippen MR) is 115 cm³/mol. The van der Waals surface area contributed by atoms with Crippen molar-refractivity contribution in [2.24, 2.45) is 4.76 Å². The average Bonchev–Trinajstić information content (AvgIpc) is 2.74. The molecule has 0 radical (unpaired) electrons. The third-order valence-electron chi connectivity index (χ3n) is 5.05. The molecule has 142 valence electrons. The molecule has 2 fully saturated rings. The van der Waals surface area contributed by atoms with Gasteiger partial charge in [0.05, 0.1) is 13.2 Å². The van der Waals surface area contributed by atoms with Gasteiger partial charge in [-0.15, -0.1) is 0 Å². The first kappa shape index (κ1) is 19.0. The van der Waals surface area contributed by atoms with Crippen molar-refractivity contribution >= 4 is 34.6 Å². The zero-order valence-corrected chi connectivity index (χ0v) is 17.7. The van der Waals surface area contributed by atoms with Gasteiger partial charge >= 0.3 is 0 Å². The summed E-state index contributed by atoms with van der Waals surface area (Å²) in [5, 5.41) is 9.91. The minimum atomic E-state index is -2.20. The van der Waals surface area contributed by atoms with Crippen LogP contribution in [0.2, 0.25) is 0 Å². The average molecular weight is 419 g/mol. The lowest BCUT2D eigenvalue weighted by molar-refractivity contribution is 0.0682. The van der Waals surface area contributed by atoms with Crippen LogP contribution < -0.4 is 0 Å². The Morgan fingerprint density at radius 2 is 1.96 bits per heavy atom. The number of allylic oxidation sites excluding steroid dienone is 1. The summed E-state index contributed by atoms with van der Waals surface area (Å²) in [6, 6.07) is 12.9. The van der Waals surface area contributed by atoms with Gasteiger partial charge in [0, 0.05) is 31.1 Å². The number of rotatable bonds is 3. The third kappa shape index (κ3) is 3.95. The Morgan fingerprint density at radius 3 is 2.70 bits per heavy atom. The molecule has 0 N–H and O–H groups in total. The number of fused-ring (bicyclic) bond motifs is 1. The van der Waals surface area contributed by atoms with Crippen molar-refractivity contribution in [3.05, 3.63) is 47.2 Å². The number of amidine groups is 1. The van der Waals surface area contributed by atoms with Crippen LogP contribution in [-0.4, -0.2) is 48.3 Å². The van der Waals surface area contributed by atoms with Crippen LogP contribution in [0.5, 0.6) is 0 Å². The lowest BCUT2D eigenvalue weighted by atomic mass is 10.0. The lowest BCUT2D eigenvalue weighted by Crippen LogP contribution is -2.44. The highest BCUT2D eigenvalue weighted by Crippen LogP contribution is 2.68. The number of ether oxygens (including phenoxy) is 1. The molecule has 1 unspecified atom stereocenters. The highest BCUT2D eigenvalue weighted by atomic mass is 32.9. The molecule has 27 heavy (non-hydrogen) atoms. The molecule has 0 spiro atoms. The minimum Gasteiger partial charge on any atom is -0.378 e. The van der Waals surface area contributed by atoms with E-state index in [4.69, 9.17) is 21.3 Å². The molecular weight excluding hydrogens is 395 g/mol. The van der Waals surface area contributed by atoms with Crippen molar-refractivity contribution in [1.82, 2.24) is 9.57 Å². The Labute approximate surface area is 169 Å². The number of morpholine rings is 1. The van der Waals surface area contributed by atoms with Crippen molar-refractivity contribution in [1.29, 1.82) is 5.26 Å². The van der Waals surface area contributed by atoms with Crippen LogP contribution in [-0.2, 0) is 22.3 Å². The molecule has 5 nitrogen and oxygen atoms in total. The second-order valence-electron chi connectivity index (χ2n) is 6.79. The Balaban J connectivity index is 1.68. The number of hydrogen-bond donors (Lipinski definition) is 0. The fourth-order valence-electron chi connectivity index (χ4n) is 3.65. The first-order valence-corrected chi connectivity index (χ1v) is 13.6. The van der Waals surface area contributed by atoms with E-state index in [9.17, 15) is 5.26 Å². The van der Waals surface area contributed by atoms with Gasteiger partial charge in [-0.25, -0.2) is 4.76 Å². The van der Waals surface area contributed by atoms with Crippen molar-refractivity contribution in [2.45, 2.75) is 25.0 Å². The number of piperidine rings is 1. The summed E-state index contributed by atoms with van der Waals surface area (Å²) < 4.78 is 12.9. The third-order valence-corrected chi connectivity index (χ3v) is 11.4. The molecule has 1 aromatic rings. The normalized spacial score (nSPS) is 25.7. The number of benzene rings is 1. The van der Waals surface area contributed by atoms with Crippen molar-refractivity contribution in [3.63, 3.8) is 0 Å². The second kappa shape index (κ2) is 8.36. The van der Waals surface area contributed by atoms with E-state index in [1.165, 1.54) is 5.56 Å². The highest BCUT2D eigenvalue weighted by molar-refractivity contribution is 8.69. The quantitative estimate of drug-likeness (QED) is 0.688. The Hall–Kier alpha value is -1.32. The summed E-state index contributed by atoms with van der Waals surface area (Å²) >= 11 is 7.99. The fourth-order valence-corrected chi connectivity index (χ4v) is 9.39. The van der Waals surface area contributed by atoms with Gasteiger partial charge in [-0.05, 0) is 36.6 Å². The molecule has 1 atom stereocenters. The van der Waals surface area contributed by atoms with Gasteiger partial charge < -0.3 is 14.3 Å². The molecule has 1 aromatic carbocycles. The molecule has 3 aliphatic heterocycles. The lowest BCUT2D eigenvalue weighted by Gasteiger charge is -2.43. The Bertz CT molecular complexity index is 843. The zero-order chi connectivity index (χ0) is 18.7. The highest BCUT2D eigenvalue weighted by Gasteiger charge is 2.39. The molecule has 0 saturated carbocycles. The first-order valence-electron chi connectivity index (χ1n) is 9.34. The van der Waals surface area contributed by atoms with E-state index >= 15 is 0 Å². The van der Waals surface area contributed by atoms with Gasteiger partial charge in [0.25, 0.3) is 0 Å². The first-order chi connectivity index (χ1) is 13.2. The molecule has 8 heteroatoms. The summed E-state index contributed by atoms with van der Waals surface area (Å²) in [6.07, 6.45) is 3.16. The number of nitriles is 1. The van der Waals surface area contributed by atoms with Gasteiger partial charge in [0.2, 0.25) is 0 Å². The van der Waals surface area contributed by atoms with E-state index in [-0.39, 0.29) is 0 Å². The predicted octanol–water partition coefficient (Wildman–Crippen LogP) is 4.15. The van der Waals surface area contributed by atoms with Crippen molar-refractivity contribution in [2.75, 3.05) is 32.8 Å². The molecule has 0 amide bonds. The fraction of sp³-hybridized carbons (Fsp3) is 0.474. The van der Waals surface area contributed by atoms with E-state index in [1.54, 1.807) is 11.4 Å². The molecule has 3 heterocycles.